The standard InChI is InChI=1S/C22H31N3O3/c1-3-20(26)23-12-9-21(27)25-13-10-22(11-14-25)17-24(15-18(2)28-22)16-19-7-5-4-6-8-19/h3-8,18H,1,9-17H2,2H3,(H,23,26). The molecular formula is C22H31N3O3. The van der Waals surface area contributed by atoms with Crippen LogP contribution in [0.1, 0.15) is 31.7 Å². The molecule has 0 aliphatic carbocycles. The highest BCUT2D eigenvalue weighted by Gasteiger charge is 2.42. The van der Waals surface area contributed by atoms with E-state index in [4.69, 9.17) is 4.74 Å². The van der Waals surface area contributed by atoms with Crippen molar-refractivity contribution < 1.29 is 14.3 Å². The number of likely N-dealkylation sites (tertiary alicyclic amines) is 1. The first-order valence-electron chi connectivity index (χ1n) is 10.1. The molecule has 0 saturated carbocycles. The van der Waals surface area contributed by atoms with Crippen LogP contribution in [0.4, 0.5) is 0 Å². The van der Waals surface area contributed by atoms with Gasteiger partial charge in [-0.25, -0.2) is 0 Å². The van der Waals surface area contributed by atoms with Crippen molar-refractivity contribution in [1.29, 1.82) is 0 Å². The molecule has 1 spiro atoms. The Bertz CT molecular complexity index is 684. The Balaban J connectivity index is 1.51. The van der Waals surface area contributed by atoms with E-state index >= 15 is 0 Å². The Morgan fingerprint density at radius 2 is 2.00 bits per heavy atom. The number of carbonyl (C=O) groups excluding carboxylic acids is 2. The topological polar surface area (TPSA) is 61.9 Å². The first kappa shape index (κ1) is 20.6. The number of piperidine rings is 1. The zero-order valence-corrected chi connectivity index (χ0v) is 16.7. The molecule has 152 valence electrons. The SMILES string of the molecule is C=CC(=O)NCCC(=O)N1CCC2(CC1)CN(Cc1ccccc1)CC(C)O2. The number of ether oxygens (including phenoxy) is 1. The van der Waals surface area contributed by atoms with E-state index in [0.717, 1.165) is 32.5 Å². The van der Waals surface area contributed by atoms with Crippen molar-refractivity contribution in [2.24, 2.45) is 0 Å². The van der Waals surface area contributed by atoms with Gasteiger partial charge < -0.3 is 15.0 Å². The number of nitrogens with one attached hydrogen (secondary N) is 1. The molecule has 0 bridgehead atoms. The second-order valence-corrected chi connectivity index (χ2v) is 7.89. The minimum absolute atomic E-state index is 0.0872. The molecule has 1 N–H and O–H groups in total. The second kappa shape index (κ2) is 9.34. The van der Waals surface area contributed by atoms with Crippen molar-refractivity contribution in [1.82, 2.24) is 15.1 Å². The predicted octanol–water partition coefficient (Wildman–Crippen LogP) is 1.96. The van der Waals surface area contributed by atoms with Crippen LogP contribution in [0.5, 0.6) is 0 Å². The Morgan fingerprint density at radius 3 is 2.68 bits per heavy atom. The zero-order valence-electron chi connectivity index (χ0n) is 16.7. The normalized spacial score (nSPS) is 22.0. The van der Waals surface area contributed by atoms with Crippen LogP contribution in [-0.2, 0) is 20.9 Å². The first-order chi connectivity index (χ1) is 13.5. The number of rotatable bonds is 6. The predicted molar refractivity (Wildman–Crippen MR) is 109 cm³/mol. The van der Waals surface area contributed by atoms with E-state index in [-0.39, 0.29) is 23.5 Å². The van der Waals surface area contributed by atoms with Crippen LogP contribution in [0.15, 0.2) is 43.0 Å². The molecule has 2 amide bonds. The summed E-state index contributed by atoms with van der Waals surface area (Å²) >= 11 is 0. The molecule has 0 aromatic heterocycles. The summed E-state index contributed by atoms with van der Waals surface area (Å²) < 4.78 is 6.39. The summed E-state index contributed by atoms with van der Waals surface area (Å²) in [5, 5.41) is 2.66. The number of morpholine rings is 1. The van der Waals surface area contributed by atoms with Crippen LogP contribution in [-0.4, -0.2) is 66.0 Å². The number of nitrogens with zero attached hydrogens (tertiary/aromatic N) is 2. The van der Waals surface area contributed by atoms with Gasteiger partial charge in [0.2, 0.25) is 11.8 Å². The van der Waals surface area contributed by atoms with E-state index in [1.807, 2.05) is 11.0 Å². The molecule has 28 heavy (non-hydrogen) atoms. The van der Waals surface area contributed by atoms with E-state index in [1.165, 1.54) is 11.6 Å². The van der Waals surface area contributed by atoms with Gasteiger partial charge in [0.05, 0.1) is 11.7 Å². The van der Waals surface area contributed by atoms with E-state index < -0.39 is 0 Å². The van der Waals surface area contributed by atoms with Gasteiger partial charge in [0.25, 0.3) is 0 Å². The minimum Gasteiger partial charge on any atom is -0.369 e. The number of amides is 2. The van der Waals surface area contributed by atoms with Crippen LogP contribution in [0.2, 0.25) is 0 Å². The van der Waals surface area contributed by atoms with Crippen LogP contribution >= 0.6 is 0 Å². The second-order valence-electron chi connectivity index (χ2n) is 7.89. The van der Waals surface area contributed by atoms with Gasteiger partial charge in [-0.15, -0.1) is 0 Å². The van der Waals surface area contributed by atoms with Crippen LogP contribution in [0.25, 0.3) is 0 Å². The van der Waals surface area contributed by atoms with Gasteiger partial charge in [-0.1, -0.05) is 36.9 Å². The summed E-state index contributed by atoms with van der Waals surface area (Å²) in [5.41, 5.74) is 1.15. The summed E-state index contributed by atoms with van der Waals surface area (Å²) in [6.07, 6.45) is 3.44. The van der Waals surface area contributed by atoms with Gasteiger partial charge in [-0.2, -0.15) is 0 Å². The third-order valence-corrected chi connectivity index (χ3v) is 5.58. The van der Waals surface area contributed by atoms with Crippen molar-refractivity contribution in [3.8, 4) is 0 Å². The average molecular weight is 386 g/mol. The maximum Gasteiger partial charge on any atom is 0.243 e. The maximum atomic E-state index is 12.4. The fourth-order valence-corrected chi connectivity index (χ4v) is 4.26. The van der Waals surface area contributed by atoms with Gasteiger partial charge in [0, 0.05) is 45.7 Å². The summed E-state index contributed by atoms with van der Waals surface area (Å²) in [6.45, 7) is 10.1. The molecule has 2 aliphatic rings. The smallest absolute Gasteiger partial charge is 0.243 e. The first-order valence-corrected chi connectivity index (χ1v) is 10.1. The highest BCUT2D eigenvalue weighted by Crippen LogP contribution is 2.33. The monoisotopic (exact) mass is 385 g/mol. The van der Waals surface area contributed by atoms with Crippen molar-refractivity contribution in [2.75, 3.05) is 32.7 Å². The molecule has 2 aliphatic heterocycles. The lowest BCUT2D eigenvalue weighted by atomic mass is 9.88. The Labute approximate surface area is 167 Å². The van der Waals surface area contributed by atoms with Gasteiger partial charge in [-0.3, -0.25) is 14.5 Å². The highest BCUT2D eigenvalue weighted by atomic mass is 16.5. The van der Waals surface area contributed by atoms with E-state index in [0.29, 0.717) is 26.1 Å². The number of benzene rings is 1. The van der Waals surface area contributed by atoms with E-state index in [1.54, 1.807) is 0 Å². The Kier molecular flexibility index (Phi) is 6.86. The quantitative estimate of drug-likeness (QED) is 0.761. The zero-order chi connectivity index (χ0) is 20.0. The van der Waals surface area contributed by atoms with Crippen molar-refractivity contribution in [2.45, 2.75) is 44.4 Å². The van der Waals surface area contributed by atoms with Gasteiger partial charge in [-0.05, 0) is 31.4 Å². The lowest BCUT2D eigenvalue weighted by molar-refractivity contribution is -0.174. The summed E-state index contributed by atoms with van der Waals surface area (Å²) in [4.78, 5) is 28.0. The number of hydrogen-bond acceptors (Lipinski definition) is 4. The Hall–Kier alpha value is -2.18. The van der Waals surface area contributed by atoms with Crippen LogP contribution < -0.4 is 5.32 Å². The average Bonchev–Trinajstić information content (AvgIpc) is 2.68. The minimum atomic E-state index is -0.242. The molecule has 2 saturated heterocycles. The lowest BCUT2D eigenvalue weighted by Crippen LogP contribution is -2.59. The van der Waals surface area contributed by atoms with Crippen molar-refractivity contribution in [3.63, 3.8) is 0 Å². The summed E-state index contributed by atoms with van der Waals surface area (Å²) in [5.74, 6) is -0.155. The lowest BCUT2D eigenvalue weighted by Gasteiger charge is -2.49. The molecule has 0 radical (unpaired) electrons. The molecule has 1 aromatic rings. The maximum absolute atomic E-state index is 12.4. The molecule has 1 atom stereocenters. The summed E-state index contributed by atoms with van der Waals surface area (Å²) in [6, 6.07) is 10.5. The molecule has 2 heterocycles. The van der Waals surface area contributed by atoms with Gasteiger partial charge >= 0.3 is 0 Å². The fraction of sp³-hybridized carbons (Fsp3) is 0.545. The van der Waals surface area contributed by atoms with E-state index in [9.17, 15) is 9.59 Å². The highest BCUT2D eigenvalue weighted by molar-refractivity contribution is 5.87. The fourth-order valence-electron chi connectivity index (χ4n) is 4.26. The number of hydrogen-bond donors (Lipinski definition) is 1. The van der Waals surface area contributed by atoms with E-state index in [2.05, 4.69) is 48.0 Å². The third kappa shape index (κ3) is 5.42. The summed E-state index contributed by atoms with van der Waals surface area (Å²) in [7, 11) is 0. The third-order valence-electron chi connectivity index (χ3n) is 5.58. The van der Waals surface area contributed by atoms with Crippen LogP contribution in [0, 0.1) is 0 Å². The Morgan fingerprint density at radius 1 is 1.29 bits per heavy atom. The molecule has 3 rings (SSSR count). The van der Waals surface area contributed by atoms with Crippen molar-refractivity contribution in [3.05, 3.63) is 48.6 Å². The number of carbonyl (C=O) groups is 2. The molecule has 6 heteroatoms. The molecule has 2 fully saturated rings. The molecule has 6 nitrogen and oxygen atoms in total. The van der Waals surface area contributed by atoms with Gasteiger partial charge in [0.1, 0.15) is 0 Å². The molecular weight excluding hydrogens is 354 g/mol. The van der Waals surface area contributed by atoms with Crippen LogP contribution in [0.3, 0.4) is 0 Å². The van der Waals surface area contributed by atoms with Crippen molar-refractivity contribution >= 4 is 11.8 Å². The van der Waals surface area contributed by atoms with Gasteiger partial charge in [0.15, 0.2) is 0 Å². The largest absolute Gasteiger partial charge is 0.369 e. The molecule has 1 aromatic carbocycles. The molecule has 1 unspecified atom stereocenters.